The first-order chi connectivity index (χ1) is 20.5. The minimum atomic E-state index is -0.439. The van der Waals surface area contributed by atoms with Crippen molar-refractivity contribution in [3.63, 3.8) is 0 Å². The van der Waals surface area contributed by atoms with E-state index in [1.165, 1.54) is 51.8 Å². The molecule has 3 aliphatic rings. The van der Waals surface area contributed by atoms with Gasteiger partial charge in [0, 0.05) is 42.7 Å². The van der Waals surface area contributed by atoms with Crippen LogP contribution in [0.5, 0.6) is 0 Å². The van der Waals surface area contributed by atoms with E-state index < -0.39 is 4.92 Å². The first kappa shape index (κ1) is 26.2. The van der Waals surface area contributed by atoms with Crippen LogP contribution >= 0.6 is 11.8 Å². The highest BCUT2D eigenvalue weighted by molar-refractivity contribution is 8.18. The molecule has 42 heavy (non-hydrogen) atoms. The second-order valence-corrected chi connectivity index (χ2v) is 11.8. The second kappa shape index (κ2) is 10.9. The number of hydrogen-bond donors (Lipinski definition) is 1. The normalized spacial score (nSPS) is 21.3. The number of amidine groups is 1. The summed E-state index contributed by atoms with van der Waals surface area (Å²) in [6.07, 6.45) is 3.74. The third kappa shape index (κ3) is 4.99. The van der Waals surface area contributed by atoms with Crippen LogP contribution in [0.4, 0.5) is 17.1 Å². The zero-order valence-corrected chi connectivity index (χ0v) is 23.6. The minimum absolute atomic E-state index is 0.0142. The molecule has 0 aliphatic carbocycles. The second-order valence-electron chi connectivity index (χ2n) is 10.8. The van der Waals surface area contributed by atoms with Crippen molar-refractivity contribution in [2.24, 2.45) is 4.99 Å². The van der Waals surface area contributed by atoms with Gasteiger partial charge in [0.2, 0.25) is 0 Å². The molecule has 1 fully saturated rings. The fraction of sp³-hybridized carbons (Fsp3) is 0.176. The molecule has 1 saturated heterocycles. The van der Waals surface area contributed by atoms with Crippen molar-refractivity contribution in [3.05, 3.63) is 140 Å². The van der Waals surface area contributed by atoms with Gasteiger partial charge in [0.25, 0.3) is 11.6 Å². The quantitative estimate of drug-likeness (QED) is 0.153. The summed E-state index contributed by atoms with van der Waals surface area (Å²) in [6.45, 7) is 2.04. The van der Waals surface area contributed by atoms with Crippen LogP contribution in [0, 0.1) is 10.1 Å². The maximum Gasteiger partial charge on any atom is 0.270 e. The van der Waals surface area contributed by atoms with Gasteiger partial charge in [-0.05, 0) is 70.6 Å². The van der Waals surface area contributed by atoms with E-state index in [1.54, 1.807) is 18.2 Å². The van der Waals surface area contributed by atoms with Gasteiger partial charge in [-0.2, -0.15) is 0 Å². The SMILES string of the molecule is O=C1NC(=Nc2cc3c4c(c2)[C@H](c2ccccc2)CCN4CC[C@H]3c2ccccc2)S/C1=C\c1cccc([N+](=O)[O-])c1. The Morgan fingerprint density at radius 1 is 0.857 bits per heavy atom. The van der Waals surface area contributed by atoms with Gasteiger partial charge in [-0.15, -0.1) is 0 Å². The van der Waals surface area contributed by atoms with Crippen molar-refractivity contribution in [3.8, 4) is 0 Å². The first-order valence-electron chi connectivity index (χ1n) is 14.1. The number of amides is 1. The molecule has 7 rings (SSSR count). The maximum atomic E-state index is 12.9. The predicted octanol–water partition coefficient (Wildman–Crippen LogP) is 7.36. The summed E-state index contributed by atoms with van der Waals surface area (Å²) in [6, 6.07) is 32.0. The van der Waals surface area contributed by atoms with Gasteiger partial charge in [-0.3, -0.25) is 14.9 Å². The van der Waals surface area contributed by atoms with E-state index in [0.29, 0.717) is 15.6 Å². The zero-order valence-electron chi connectivity index (χ0n) is 22.8. The molecule has 3 heterocycles. The summed E-state index contributed by atoms with van der Waals surface area (Å²) in [7, 11) is 0. The predicted molar refractivity (Wildman–Crippen MR) is 168 cm³/mol. The Hall–Kier alpha value is -4.69. The van der Waals surface area contributed by atoms with Gasteiger partial charge < -0.3 is 10.2 Å². The van der Waals surface area contributed by atoms with Crippen molar-refractivity contribution >= 4 is 46.0 Å². The minimum Gasteiger partial charge on any atom is -0.371 e. The highest BCUT2D eigenvalue weighted by Gasteiger charge is 2.35. The van der Waals surface area contributed by atoms with Crippen LogP contribution in [0.1, 0.15) is 52.5 Å². The summed E-state index contributed by atoms with van der Waals surface area (Å²) in [5, 5.41) is 14.6. The Bertz CT molecular complexity index is 1680. The van der Waals surface area contributed by atoms with E-state index >= 15 is 0 Å². The zero-order chi connectivity index (χ0) is 28.6. The van der Waals surface area contributed by atoms with Gasteiger partial charge in [-0.1, -0.05) is 72.8 Å². The molecule has 0 saturated carbocycles. The Morgan fingerprint density at radius 2 is 1.48 bits per heavy atom. The largest absolute Gasteiger partial charge is 0.371 e. The molecule has 4 aromatic carbocycles. The van der Waals surface area contributed by atoms with Crippen molar-refractivity contribution < 1.29 is 9.72 Å². The summed E-state index contributed by atoms with van der Waals surface area (Å²) < 4.78 is 0. The van der Waals surface area contributed by atoms with Crippen molar-refractivity contribution in [1.82, 2.24) is 5.32 Å². The van der Waals surface area contributed by atoms with Crippen molar-refractivity contribution in [2.75, 3.05) is 18.0 Å². The molecule has 1 N–H and O–H groups in total. The van der Waals surface area contributed by atoms with Crippen molar-refractivity contribution in [2.45, 2.75) is 24.7 Å². The number of nitro benzene ring substituents is 1. The van der Waals surface area contributed by atoms with Crippen molar-refractivity contribution in [1.29, 1.82) is 0 Å². The fourth-order valence-electron chi connectivity index (χ4n) is 6.38. The number of aliphatic imine (C=N–C) groups is 1. The summed E-state index contributed by atoms with van der Waals surface area (Å²) in [5.41, 5.74) is 7.89. The number of anilines is 1. The van der Waals surface area contributed by atoms with E-state index in [-0.39, 0.29) is 23.4 Å². The number of nitrogens with zero attached hydrogens (tertiary/aromatic N) is 3. The molecule has 4 aromatic rings. The lowest BCUT2D eigenvalue weighted by atomic mass is 9.76. The van der Waals surface area contributed by atoms with E-state index in [9.17, 15) is 14.9 Å². The van der Waals surface area contributed by atoms with Crippen LogP contribution in [0.3, 0.4) is 0 Å². The topological polar surface area (TPSA) is 87.8 Å². The molecule has 8 heteroatoms. The van der Waals surface area contributed by atoms with Crippen LogP contribution in [0.15, 0.2) is 107 Å². The average molecular weight is 573 g/mol. The summed E-state index contributed by atoms with van der Waals surface area (Å²) in [4.78, 5) is 31.5. The first-order valence-corrected chi connectivity index (χ1v) is 14.9. The summed E-state index contributed by atoms with van der Waals surface area (Å²) >= 11 is 1.25. The molecule has 7 nitrogen and oxygen atoms in total. The molecular formula is C34H28N4O3S. The number of carbonyl (C=O) groups is 1. The van der Waals surface area contributed by atoms with E-state index in [2.05, 4.69) is 83.0 Å². The Balaban J connectivity index is 1.30. The third-order valence-corrected chi connectivity index (χ3v) is 9.17. The Morgan fingerprint density at radius 3 is 2.07 bits per heavy atom. The van der Waals surface area contributed by atoms with E-state index in [0.717, 1.165) is 31.6 Å². The molecule has 0 radical (unpaired) electrons. The van der Waals surface area contributed by atoms with Gasteiger partial charge >= 0.3 is 0 Å². The Kier molecular flexibility index (Phi) is 6.83. The molecule has 208 valence electrons. The van der Waals surface area contributed by atoms with Gasteiger partial charge in [-0.25, -0.2) is 4.99 Å². The fourth-order valence-corrected chi connectivity index (χ4v) is 7.22. The number of carbonyl (C=O) groups excluding carboxylic acids is 1. The van der Waals surface area contributed by atoms with Gasteiger partial charge in [0.05, 0.1) is 15.5 Å². The number of benzene rings is 4. The molecule has 0 unspecified atom stereocenters. The maximum absolute atomic E-state index is 12.9. The van der Waals surface area contributed by atoms with Crippen LogP contribution in [0.2, 0.25) is 0 Å². The molecule has 0 aromatic heterocycles. The van der Waals surface area contributed by atoms with Gasteiger partial charge in [0.15, 0.2) is 5.17 Å². The third-order valence-electron chi connectivity index (χ3n) is 8.26. The lowest BCUT2D eigenvalue weighted by Gasteiger charge is -2.43. The average Bonchev–Trinajstić information content (AvgIpc) is 3.36. The standard InChI is InChI=1S/C34H28N4O3S/c39-33-31(19-22-8-7-13-26(18-22)38(40)41)42-34(36-33)35-25-20-29-27(23-9-3-1-4-10-23)14-16-37-17-15-28(30(21-25)32(29)37)24-11-5-2-6-12-24/h1-13,18-21,27-28H,14-17H2,(H,35,36,39)/b31-19-/t27-,28-/m0/s1. The number of non-ortho nitro benzene ring substituents is 1. The van der Waals surface area contributed by atoms with Crippen LogP contribution in [-0.2, 0) is 4.79 Å². The molecule has 1 amide bonds. The van der Waals surface area contributed by atoms with Crippen LogP contribution in [0.25, 0.3) is 6.08 Å². The Labute approximate surface area is 248 Å². The molecule has 0 spiro atoms. The van der Waals surface area contributed by atoms with E-state index in [1.807, 2.05) is 0 Å². The van der Waals surface area contributed by atoms with Gasteiger partial charge in [0.1, 0.15) is 0 Å². The number of hydrogen-bond acceptors (Lipinski definition) is 6. The molecule has 2 atom stereocenters. The molecular weight excluding hydrogens is 544 g/mol. The van der Waals surface area contributed by atoms with Crippen LogP contribution in [-0.4, -0.2) is 29.1 Å². The van der Waals surface area contributed by atoms with Crippen LogP contribution < -0.4 is 10.2 Å². The number of nitro groups is 1. The highest BCUT2D eigenvalue weighted by Crippen LogP contribution is 2.50. The summed E-state index contributed by atoms with van der Waals surface area (Å²) in [5.74, 6) is 0.266. The van der Waals surface area contributed by atoms with E-state index in [4.69, 9.17) is 4.99 Å². The smallest absolute Gasteiger partial charge is 0.270 e. The lowest BCUT2D eigenvalue weighted by molar-refractivity contribution is -0.384. The molecule has 0 bridgehead atoms. The number of rotatable bonds is 5. The number of nitrogens with one attached hydrogen (secondary N) is 1. The monoisotopic (exact) mass is 572 g/mol. The highest BCUT2D eigenvalue weighted by atomic mass is 32.2. The lowest BCUT2D eigenvalue weighted by Crippen LogP contribution is -2.37. The number of thioether (sulfide) groups is 1. The molecule has 3 aliphatic heterocycles.